The molecule has 1 aliphatic carbocycles. The second-order valence-corrected chi connectivity index (χ2v) is 12.0. The van der Waals surface area contributed by atoms with Crippen LogP contribution in [-0.4, -0.2) is 37.6 Å². The van der Waals surface area contributed by atoms with E-state index in [-0.39, 0.29) is 39.3 Å². The Morgan fingerprint density at radius 1 is 1.29 bits per heavy atom. The number of hydrogen-bond acceptors (Lipinski definition) is 9. The number of sulfonamides is 1. The Morgan fingerprint density at radius 3 is 2.69 bits per heavy atom. The highest BCUT2D eigenvalue weighted by atomic mass is 32.2. The van der Waals surface area contributed by atoms with Crippen LogP contribution in [0.4, 0.5) is 11.4 Å². The Kier molecular flexibility index (Phi) is 5.66. The van der Waals surface area contributed by atoms with Crippen molar-refractivity contribution < 1.29 is 21.9 Å². The van der Waals surface area contributed by atoms with Crippen molar-refractivity contribution in [2.45, 2.75) is 30.7 Å². The second kappa shape index (κ2) is 8.44. The minimum atomic E-state index is -4.37. The first kappa shape index (κ1) is 23.5. The minimum Gasteiger partial charge on any atom is -0.505 e. The molecule has 15 heteroatoms. The highest BCUT2D eigenvalue weighted by Crippen LogP contribution is 2.36. The maximum absolute atomic E-state index is 13.4. The van der Waals surface area contributed by atoms with E-state index in [1.807, 2.05) is 4.72 Å². The Labute approximate surface area is 204 Å². The lowest BCUT2D eigenvalue weighted by Crippen LogP contribution is -2.36. The number of benzene rings is 1. The summed E-state index contributed by atoms with van der Waals surface area (Å²) in [6.45, 7) is 0.337. The normalized spacial score (nSPS) is 17.1. The van der Waals surface area contributed by atoms with Gasteiger partial charge in [-0.25, -0.2) is 9.82 Å². The number of fused-ring (bicyclic) bond motifs is 1. The number of nitrogens with two attached hydrogens (primary N) is 1. The summed E-state index contributed by atoms with van der Waals surface area (Å²) < 4.78 is 55.6. The molecule has 1 fully saturated rings. The minimum absolute atomic E-state index is 0.0498. The molecule has 2 aromatic heterocycles. The summed E-state index contributed by atoms with van der Waals surface area (Å²) in [5.41, 5.74) is -0.871. The maximum atomic E-state index is 13.4. The lowest BCUT2D eigenvalue weighted by Gasteiger charge is -2.26. The molecular formula is C20H20N6O6S3. The molecule has 0 bridgehead atoms. The monoisotopic (exact) mass is 536 g/mol. The van der Waals surface area contributed by atoms with E-state index in [1.165, 1.54) is 28.2 Å². The van der Waals surface area contributed by atoms with E-state index < -0.39 is 31.5 Å². The van der Waals surface area contributed by atoms with E-state index in [0.717, 1.165) is 25.3 Å². The summed E-state index contributed by atoms with van der Waals surface area (Å²) in [6, 6.07) is 7.16. The van der Waals surface area contributed by atoms with Gasteiger partial charge in [0.25, 0.3) is 25.8 Å². The van der Waals surface area contributed by atoms with Crippen LogP contribution in [0.3, 0.4) is 0 Å². The first-order valence-corrected chi connectivity index (χ1v) is 14.3. The van der Waals surface area contributed by atoms with E-state index in [2.05, 4.69) is 14.8 Å². The third kappa shape index (κ3) is 4.54. The molecule has 184 valence electrons. The van der Waals surface area contributed by atoms with Crippen molar-refractivity contribution in [2.75, 3.05) is 10.0 Å². The van der Waals surface area contributed by atoms with Gasteiger partial charge < -0.3 is 10.4 Å². The van der Waals surface area contributed by atoms with Crippen LogP contribution in [0.5, 0.6) is 5.75 Å². The van der Waals surface area contributed by atoms with Crippen LogP contribution in [0.25, 0.3) is 10.6 Å². The van der Waals surface area contributed by atoms with Crippen LogP contribution in [0.15, 0.2) is 49.8 Å². The van der Waals surface area contributed by atoms with E-state index in [4.69, 9.17) is 5.14 Å². The molecule has 3 aromatic rings. The summed E-state index contributed by atoms with van der Waals surface area (Å²) in [7, 11) is -8.50. The van der Waals surface area contributed by atoms with Crippen LogP contribution in [0, 0.1) is 5.92 Å². The van der Waals surface area contributed by atoms with E-state index in [0.29, 0.717) is 11.4 Å². The number of rotatable bonds is 6. The van der Waals surface area contributed by atoms with Crippen LogP contribution < -0.4 is 20.7 Å². The molecule has 5 N–H and O–H groups in total. The number of aromatic nitrogens is 2. The summed E-state index contributed by atoms with van der Waals surface area (Å²) in [5, 5.41) is 24.9. The van der Waals surface area contributed by atoms with Crippen molar-refractivity contribution in [3.63, 3.8) is 0 Å². The van der Waals surface area contributed by atoms with Gasteiger partial charge in [0.2, 0.25) is 0 Å². The molecule has 0 radical (unpaired) electrons. The molecule has 0 amide bonds. The Morgan fingerprint density at radius 2 is 2.06 bits per heavy atom. The predicted octanol–water partition coefficient (Wildman–Crippen LogP) is 1.65. The summed E-state index contributed by atoms with van der Waals surface area (Å²) in [4.78, 5) is 13.6. The zero-order chi connectivity index (χ0) is 25.0. The smallest absolute Gasteiger partial charge is 0.296 e. The van der Waals surface area contributed by atoms with Crippen molar-refractivity contribution in [1.82, 2.24) is 9.78 Å². The number of nitrogens with zero attached hydrogens (tertiary/aromatic N) is 3. The lowest BCUT2D eigenvalue weighted by atomic mass is 9.85. The maximum Gasteiger partial charge on any atom is 0.296 e. The van der Waals surface area contributed by atoms with Gasteiger partial charge in [0.15, 0.2) is 11.6 Å². The lowest BCUT2D eigenvalue weighted by molar-refractivity contribution is 0.261. The zero-order valence-electron chi connectivity index (χ0n) is 18.0. The fourth-order valence-corrected chi connectivity index (χ4v) is 6.21. The van der Waals surface area contributed by atoms with Crippen LogP contribution >= 0.6 is 11.3 Å². The first-order chi connectivity index (χ1) is 16.5. The molecule has 0 unspecified atom stereocenters. The van der Waals surface area contributed by atoms with Gasteiger partial charge >= 0.3 is 0 Å². The van der Waals surface area contributed by atoms with Crippen molar-refractivity contribution in [2.24, 2.45) is 15.5 Å². The highest BCUT2D eigenvalue weighted by Gasteiger charge is 2.32. The molecule has 1 saturated carbocycles. The topological polar surface area (TPSA) is 186 Å². The van der Waals surface area contributed by atoms with E-state index in [1.54, 1.807) is 17.5 Å². The Bertz CT molecular complexity index is 1620. The Hall–Kier alpha value is -3.27. The predicted molar refractivity (Wildman–Crippen MR) is 131 cm³/mol. The first-order valence-electron chi connectivity index (χ1n) is 10.5. The van der Waals surface area contributed by atoms with Crippen molar-refractivity contribution >= 4 is 48.8 Å². The third-order valence-electron chi connectivity index (χ3n) is 5.76. The van der Waals surface area contributed by atoms with E-state index in [9.17, 15) is 26.7 Å². The molecule has 0 spiro atoms. The van der Waals surface area contributed by atoms with Gasteiger partial charge in [0.05, 0.1) is 16.3 Å². The standard InChI is InChI=1S/C20H20N6O6S3/c21-35(31,32)24-12-6-7-13-15(9-12)34(29,30)25-19(22-13)16-18(27)17(14-5-2-8-33-14)23-26(20(16)28)10-11-3-1-4-11/h2,5-9,11,24,27H,1,3-4,10H2,(H,22,25)(H2,21,31,32). The van der Waals surface area contributed by atoms with Crippen molar-refractivity contribution in [3.8, 4) is 16.3 Å². The molecule has 0 saturated heterocycles. The van der Waals surface area contributed by atoms with Crippen molar-refractivity contribution in [3.05, 3.63) is 51.6 Å². The number of anilines is 2. The molecule has 1 aromatic carbocycles. The van der Waals surface area contributed by atoms with Crippen LogP contribution in [-0.2, 0) is 26.8 Å². The summed E-state index contributed by atoms with van der Waals surface area (Å²) in [5.74, 6) is -0.571. The quantitative estimate of drug-likeness (QED) is 0.366. The van der Waals surface area contributed by atoms with Gasteiger partial charge in [-0.1, -0.05) is 12.5 Å². The van der Waals surface area contributed by atoms with Gasteiger partial charge in [-0.2, -0.15) is 21.9 Å². The number of amidine groups is 1. The zero-order valence-corrected chi connectivity index (χ0v) is 20.5. The molecular weight excluding hydrogens is 516 g/mol. The number of thiophene rings is 1. The van der Waals surface area contributed by atoms with Gasteiger partial charge in [-0.05, 0) is 48.4 Å². The molecule has 1 aliphatic heterocycles. The molecule has 12 nitrogen and oxygen atoms in total. The Balaban J connectivity index is 1.64. The van der Waals surface area contributed by atoms with Crippen LogP contribution in [0.1, 0.15) is 24.8 Å². The molecule has 5 rings (SSSR count). The SMILES string of the molecule is NS(=O)(=O)Nc1ccc2c(c1)S(=O)(=O)N=C(c1c(O)c(-c3cccs3)nn(CC3CCC3)c1=O)N2. The highest BCUT2D eigenvalue weighted by molar-refractivity contribution is 7.91. The van der Waals surface area contributed by atoms with Gasteiger partial charge in [-0.15, -0.1) is 15.7 Å². The van der Waals surface area contributed by atoms with Gasteiger partial charge in [-0.3, -0.25) is 9.52 Å². The largest absolute Gasteiger partial charge is 0.505 e. The molecule has 35 heavy (non-hydrogen) atoms. The average molecular weight is 537 g/mol. The average Bonchev–Trinajstić information content (AvgIpc) is 3.25. The second-order valence-electron chi connectivity index (χ2n) is 8.23. The molecule has 2 aliphatic rings. The number of hydrogen-bond donors (Lipinski definition) is 4. The third-order valence-corrected chi connectivity index (χ3v) is 8.47. The number of nitrogens with one attached hydrogen (secondary N) is 2. The van der Waals surface area contributed by atoms with Crippen LogP contribution in [0.2, 0.25) is 0 Å². The summed E-state index contributed by atoms with van der Waals surface area (Å²) >= 11 is 1.31. The van der Waals surface area contributed by atoms with Crippen molar-refractivity contribution in [1.29, 1.82) is 0 Å². The summed E-state index contributed by atoms with van der Waals surface area (Å²) in [6.07, 6.45) is 2.97. The fourth-order valence-electron chi connectivity index (χ4n) is 3.89. The number of aromatic hydroxyl groups is 1. The van der Waals surface area contributed by atoms with Gasteiger partial charge in [0, 0.05) is 6.54 Å². The fraction of sp³-hybridized carbons (Fsp3) is 0.250. The molecule has 0 atom stereocenters. The van der Waals surface area contributed by atoms with E-state index >= 15 is 0 Å². The molecule has 3 heterocycles. The van der Waals surface area contributed by atoms with Gasteiger partial charge in [0.1, 0.15) is 16.2 Å².